The van der Waals surface area contributed by atoms with Crippen molar-refractivity contribution in [2.24, 2.45) is 0 Å². The summed E-state index contributed by atoms with van der Waals surface area (Å²) in [7, 11) is 0. The van der Waals surface area contributed by atoms with Crippen LogP contribution in [0.25, 0.3) is 6.08 Å². The van der Waals surface area contributed by atoms with Gasteiger partial charge in [-0.2, -0.15) is 0 Å². The topological polar surface area (TPSA) is 12.5 Å². The van der Waals surface area contributed by atoms with Crippen LogP contribution >= 0.6 is 0 Å². The lowest BCUT2D eigenvalue weighted by atomic mass is 9.91. The number of aryl methyl sites for hydroxylation is 1. The van der Waals surface area contributed by atoms with Gasteiger partial charge >= 0.3 is 0 Å². The average Bonchev–Trinajstić information content (AvgIpc) is 2.71. The fraction of sp³-hybridized carbons (Fsp3) is 0.333. The molecule has 0 radical (unpaired) electrons. The predicted molar refractivity (Wildman–Crippen MR) is 94.8 cm³/mol. The molecule has 23 heavy (non-hydrogen) atoms. The molecule has 0 N–H and O–H groups in total. The van der Waals surface area contributed by atoms with E-state index in [2.05, 4.69) is 54.4 Å². The summed E-state index contributed by atoms with van der Waals surface area (Å²) in [5.41, 5.74) is 3.95. The zero-order chi connectivity index (χ0) is 15.6. The maximum absolute atomic E-state index is 6.01. The Kier molecular flexibility index (Phi) is 3.82. The summed E-state index contributed by atoms with van der Waals surface area (Å²) in [4.78, 5) is 2.52. The third-order valence-corrected chi connectivity index (χ3v) is 5.00. The van der Waals surface area contributed by atoms with Gasteiger partial charge in [-0.15, -0.1) is 0 Å². The Hall–Kier alpha value is -2.22. The van der Waals surface area contributed by atoms with Gasteiger partial charge in [-0.05, 0) is 80.3 Å². The highest BCUT2D eigenvalue weighted by Crippen LogP contribution is 2.30. The Balaban J connectivity index is 1.50. The number of ether oxygens (including phenoxy) is 1. The highest BCUT2D eigenvalue weighted by atomic mass is 16.5. The molecule has 0 saturated heterocycles. The number of hydrogen-bond acceptors (Lipinski definition) is 2. The normalized spacial score (nSPS) is 17.3. The van der Waals surface area contributed by atoms with Gasteiger partial charge in [-0.3, -0.25) is 0 Å². The third kappa shape index (κ3) is 3.12. The summed E-state index contributed by atoms with van der Waals surface area (Å²) < 4.78 is 6.01. The molecule has 118 valence electrons. The van der Waals surface area contributed by atoms with Gasteiger partial charge in [-0.1, -0.05) is 23.8 Å². The van der Waals surface area contributed by atoms with Crippen molar-refractivity contribution in [1.29, 1.82) is 0 Å². The highest BCUT2D eigenvalue weighted by Gasteiger charge is 2.23. The molecule has 2 aliphatic rings. The zero-order valence-electron chi connectivity index (χ0n) is 13.7. The Morgan fingerprint density at radius 1 is 1.00 bits per heavy atom. The largest absolute Gasteiger partial charge is 0.457 e. The summed E-state index contributed by atoms with van der Waals surface area (Å²) in [6, 6.07) is 15.4. The second-order valence-electron chi connectivity index (χ2n) is 6.66. The van der Waals surface area contributed by atoms with Crippen LogP contribution in [0.3, 0.4) is 0 Å². The van der Waals surface area contributed by atoms with Gasteiger partial charge < -0.3 is 9.64 Å². The summed E-state index contributed by atoms with van der Waals surface area (Å²) in [5, 5.41) is 0. The molecule has 0 amide bonds. The summed E-state index contributed by atoms with van der Waals surface area (Å²) in [5.74, 6) is 1.83. The van der Waals surface area contributed by atoms with Gasteiger partial charge in [0.15, 0.2) is 0 Å². The first-order valence-electron chi connectivity index (χ1n) is 8.59. The summed E-state index contributed by atoms with van der Waals surface area (Å²) in [6.45, 7) is 3.20. The number of benzene rings is 2. The van der Waals surface area contributed by atoms with Crippen LogP contribution in [0.1, 0.15) is 36.0 Å². The van der Waals surface area contributed by atoms with Gasteiger partial charge in [0.2, 0.25) is 0 Å². The van der Waals surface area contributed by atoms with Gasteiger partial charge in [0.05, 0.1) is 0 Å². The van der Waals surface area contributed by atoms with Crippen LogP contribution in [-0.2, 0) is 6.42 Å². The number of rotatable bonds is 3. The van der Waals surface area contributed by atoms with Crippen molar-refractivity contribution in [3.63, 3.8) is 0 Å². The van der Waals surface area contributed by atoms with Gasteiger partial charge in [0.25, 0.3) is 0 Å². The molecule has 0 aromatic heterocycles. The molecule has 2 aromatic carbocycles. The van der Waals surface area contributed by atoms with Crippen LogP contribution in [0.4, 0.5) is 0 Å². The van der Waals surface area contributed by atoms with Gasteiger partial charge in [-0.25, -0.2) is 0 Å². The first-order chi connectivity index (χ1) is 11.3. The Morgan fingerprint density at radius 3 is 2.52 bits per heavy atom. The van der Waals surface area contributed by atoms with Crippen LogP contribution < -0.4 is 4.74 Å². The first-order valence-corrected chi connectivity index (χ1v) is 8.59. The van der Waals surface area contributed by atoms with Crippen molar-refractivity contribution in [1.82, 2.24) is 4.90 Å². The zero-order valence-corrected chi connectivity index (χ0v) is 13.7. The number of nitrogens with zero attached hydrogens (tertiary/aromatic N) is 1. The van der Waals surface area contributed by atoms with Crippen LogP contribution in [0, 0.1) is 6.92 Å². The first kappa shape index (κ1) is 14.4. The molecule has 1 saturated carbocycles. The highest BCUT2D eigenvalue weighted by molar-refractivity contribution is 5.57. The maximum Gasteiger partial charge on any atom is 0.127 e. The molecule has 1 heterocycles. The molecule has 0 spiro atoms. The molecule has 1 fully saturated rings. The van der Waals surface area contributed by atoms with E-state index in [4.69, 9.17) is 4.74 Å². The van der Waals surface area contributed by atoms with Crippen molar-refractivity contribution < 1.29 is 4.74 Å². The second-order valence-corrected chi connectivity index (χ2v) is 6.66. The van der Waals surface area contributed by atoms with E-state index in [0.29, 0.717) is 0 Å². The molecular weight excluding hydrogens is 282 g/mol. The van der Waals surface area contributed by atoms with Crippen LogP contribution in [-0.4, -0.2) is 17.5 Å². The van der Waals surface area contributed by atoms with Crippen LogP contribution in [0.5, 0.6) is 11.5 Å². The van der Waals surface area contributed by atoms with Crippen molar-refractivity contribution in [3.05, 3.63) is 65.4 Å². The quantitative estimate of drug-likeness (QED) is 0.775. The van der Waals surface area contributed by atoms with Gasteiger partial charge in [0.1, 0.15) is 11.5 Å². The van der Waals surface area contributed by atoms with Gasteiger partial charge in [0, 0.05) is 12.6 Å². The van der Waals surface area contributed by atoms with Crippen molar-refractivity contribution in [2.75, 3.05) is 6.54 Å². The molecule has 4 rings (SSSR count). The molecule has 2 aromatic rings. The van der Waals surface area contributed by atoms with E-state index in [-0.39, 0.29) is 0 Å². The SMILES string of the molecule is Cc1ccc(Oc2ccc3c(c2)CCN(C2CCC2)C=C3)cc1. The second kappa shape index (κ2) is 6.11. The van der Waals surface area contributed by atoms with E-state index in [9.17, 15) is 0 Å². The van der Waals surface area contributed by atoms with E-state index in [1.807, 2.05) is 12.1 Å². The molecular formula is C21H23NO. The minimum absolute atomic E-state index is 0.767. The number of hydrogen-bond donors (Lipinski definition) is 0. The van der Waals surface area contributed by atoms with Crippen molar-refractivity contribution >= 4 is 6.08 Å². The lowest BCUT2D eigenvalue weighted by Crippen LogP contribution is -2.37. The summed E-state index contributed by atoms with van der Waals surface area (Å²) in [6.07, 6.45) is 9.72. The monoisotopic (exact) mass is 305 g/mol. The van der Waals surface area contributed by atoms with E-state index in [1.165, 1.54) is 36.0 Å². The fourth-order valence-corrected chi connectivity index (χ4v) is 3.29. The van der Waals surface area contributed by atoms with E-state index >= 15 is 0 Å². The van der Waals surface area contributed by atoms with E-state index in [1.54, 1.807) is 0 Å². The molecule has 0 atom stereocenters. The lowest BCUT2D eigenvalue weighted by molar-refractivity contribution is 0.187. The Morgan fingerprint density at radius 2 is 1.78 bits per heavy atom. The molecule has 0 bridgehead atoms. The lowest BCUT2D eigenvalue weighted by Gasteiger charge is -2.36. The standard InChI is InChI=1S/C21H23NO/c1-16-5-8-20(9-6-16)23-21-10-7-17-11-13-22(19-3-2-4-19)14-12-18(17)15-21/h5-11,13,15,19H,2-4,12,14H2,1H3. The number of fused-ring (bicyclic) bond motifs is 1. The third-order valence-electron chi connectivity index (χ3n) is 5.00. The van der Waals surface area contributed by atoms with Crippen molar-refractivity contribution in [3.8, 4) is 11.5 Å². The average molecular weight is 305 g/mol. The van der Waals surface area contributed by atoms with E-state index < -0.39 is 0 Å². The molecule has 1 aliphatic heterocycles. The van der Waals surface area contributed by atoms with Crippen LogP contribution in [0.15, 0.2) is 48.7 Å². The smallest absolute Gasteiger partial charge is 0.127 e. The predicted octanol–water partition coefficient (Wildman–Crippen LogP) is 5.17. The summed E-state index contributed by atoms with van der Waals surface area (Å²) >= 11 is 0. The molecule has 0 unspecified atom stereocenters. The molecule has 1 aliphatic carbocycles. The minimum atomic E-state index is 0.767. The minimum Gasteiger partial charge on any atom is -0.457 e. The maximum atomic E-state index is 6.01. The molecule has 2 heteroatoms. The molecule has 2 nitrogen and oxygen atoms in total. The van der Waals surface area contributed by atoms with Crippen molar-refractivity contribution in [2.45, 2.75) is 38.6 Å². The Bertz CT molecular complexity index is 713. The Labute approximate surface area is 138 Å². The van der Waals surface area contributed by atoms with Crippen LogP contribution in [0.2, 0.25) is 0 Å². The van der Waals surface area contributed by atoms with E-state index in [0.717, 1.165) is 30.5 Å². The fourth-order valence-electron chi connectivity index (χ4n) is 3.29.